The lowest BCUT2D eigenvalue weighted by molar-refractivity contribution is 0.102. The number of hydrogen-bond donors (Lipinski definition) is 1. The minimum absolute atomic E-state index is 0.0940. The molecule has 0 radical (unpaired) electrons. The molecule has 0 bridgehead atoms. The molecule has 0 atom stereocenters. The summed E-state index contributed by atoms with van der Waals surface area (Å²) in [7, 11) is -0.721. The minimum atomic E-state index is -3.63. The van der Waals surface area contributed by atoms with Gasteiger partial charge in [-0.3, -0.25) is 4.79 Å². The first-order chi connectivity index (χ1) is 14.3. The van der Waals surface area contributed by atoms with Gasteiger partial charge in [-0.25, -0.2) is 12.7 Å². The first kappa shape index (κ1) is 21.2. The summed E-state index contributed by atoms with van der Waals surface area (Å²) in [6.07, 6.45) is 0. The van der Waals surface area contributed by atoms with Crippen molar-refractivity contribution in [1.29, 1.82) is 5.26 Å². The molecule has 1 N–H and O–H groups in total. The quantitative estimate of drug-likeness (QED) is 0.676. The highest BCUT2D eigenvalue weighted by Crippen LogP contribution is 2.28. The first-order valence-electron chi connectivity index (χ1n) is 9.18. The Labute approximate surface area is 176 Å². The molecular formula is C23H21N3O3S. The van der Waals surface area contributed by atoms with Crippen molar-refractivity contribution < 1.29 is 13.2 Å². The summed E-state index contributed by atoms with van der Waals surface area (Å²) < 4.78 is 26.0. The van der Waals surface area contributed by atoms with Gasteiger partial charge in [-0.1, -0.05) is 42.5 Å². The number of sulfonamides is 1. The standard InChI is InChI=1S/C23H21N3O3S/c1-16-12-13-18(30(28,29)26(2)3)14-22(16)25-23(27)21-11-7-6-10-20(21)19-9-5-4-8-17(19)15-24/h4-14H,1-3H3,(H,25,27). The van der Waals surface area contributed by atoms with Crippen molar-refractivity contribution in [3.05, 3.63) is 83.4 Å². The highest BCUT2D eigenvalue weighted by Gasteiger charge is 2.20. The number of hydrogen-bond acceptors (Lipinski definition) is 4. The van der Waals surface area contributed by atoms with Crippen molar-refractivity contribution in [3.63, 3.8) is 0 Å². The Morgan fingerprint density at radius 1 is 0.967 bits per heavy atom. The van der Waals surface area contributed by atoms with Crippen LogP contribution in [0.3, 0.4) is 0 Å². The van der Waals surface area contributed by atoms with Gasteiger partial charge in [0.2, 0.25) is 10.0 Å². The molecule has 1 amide bonds. The van der Waals surface area contributed by atoms with E-state index in [1.165, 1.54) is 26.2 Å². The van der Waals surface area contributed by atoms with Gasteiger partial charge >= 0.3 is 0 Å². The summed E-state index contributed by atoms with van der Waals surface area (Å²) in [6.45, 7) is 1.79. The van der Waals surface area contributed by atoms with Gasteiger partial charge in [0.1, 0.15) is 0 Å². The van der Waals surface area contributed by atoms with Crippen LogP contribution in [0.1, 0.15) is 21.5 Å². The van der Waals surface area contributed by atoms with Crippen LogP contribution in [0.5, 0.6) is 0 Å². The number of amides is 1. The zero-order chi connectivity index (χ0) is 21.9. The van der Waals surface area contributed by atoms with Crippen LogP contribution in [0.2, 0.25) is 0 Å². The van der Waals surface area contributed by atoms with Crippen LogP contribution >= 0.6 is 0 Å². The third-order valence-electron chi connectivity index (χ3n) is 4.75. The van der Waals surface area contributed by atoms with E-state index in [-0.39, 0.29) is 10.8 Å². The number of nitriles is 1. The van der Waals surface area contributed by atoms with E-state index in [1.807, 2.05) is 6.07 Å². The molecule has 0 aromatic heterocycles. The maximum atomic E-state index is 13.1. The third kappa shape index (κ3) is 4.10. The number of carbonyl (C=O) groups excluding carboxylic acids is 1. The average Bonchev–Trinajstić information content (AvgIpc) is 2.74. The molecule has 3 rings (SSSR count). The zero-order valence-corrected chi connectivity index (χ0v) is 17.7. The van der Waals surface area contributed by atoms with Crippen LogP contribution in [0.25, 0.3) is 11.1 Å². The molecule has 0 saturated carbocycles. The maximum Gasteiger partial charge on any atom is 0.256 e. The van der Waals surface area contributed by atoms with Crippen molar-refractivity contribution in [2.24, 2.45) is 0 Å². The number of carbonyl (C=O) groups is 1. The van der Waals surface area contributed by atoms with E-state index in [0.717, 1.165) is 9.87 Å². The molecule has 0 saturated heterocycles. The Morgan fingerprint density at radius 3 is 2.27 bits per heavy atom. The molecule has 0 spiro atoms. The molecule has 3 aromatic carbocycles. The topological polar surface area (TPSA) is 90.3 Å². The number of anilines is 1. The second-order valence-corrected chi connectivity index (χ2v) is 9.07. The molecule has 3 aromatic rings. The number of aryl methyl sites for hydroxylation is 1. The summed E-state index contributed by atoms with van der Waals surface area (Å²) in [5.41, 5.74) is 3.28. The van der Waals surface area contributed by atoms with E-state index in [2.05, 4.69) is 11.4 Å². The van der Waals surface area contributed by atoms with Crippen LogP contribution < -0.4 is 5.32 Å². The number of nitrogens with one attached hydrogen (secondary N) is 1. The first-order valence-corrected chi connectivity index (χ1v) is 10.6. The minimum Gasteiger partial charge on any atom is -0.322 e. The Hall–Kier alpha value is -3.47. The lowest BCUT2D eigenvalue weighted by atomic mass is 9.95. The Balaban J connectivity index is 2.02. The fourth-order valence-electron chi connectivity index (χ4n) is 3.03. The molecule has 0 heterocycles. The number of nitrogens with zero attached hydrogens (tertiary/aromatic N) is 2. The van der Waals surface area contributed by atoms with E-state index < -0.39 is 10.0 Å². The highest BCUT2D eigenvalue weighted by molar-refractivity contribution is 7.89. The largest absolute Gasteiger partial charge is 0.322 e. The summed E-state index contributed by atoms with van der Waals surface area (Å²) in [5, 5.41) is 12.2. The monoisotopic (exact) mass is 419 g/mol. The molecule has 0 aliphatic carbocycles. The van der Waals surface area contributed by atoms with Crippen LogP contribution in [-0.2, 0) is 10.0 Å². The fraction of sp³-hybridized carbons (Fsp3) is 0.130. The summed E-state index contributed by atoms with van der Waals surface area (Å²) in [6, 6.07) is 20.8. The lowest BCUT2D eigenvalue weighted by Crippen LogP contribution is -2.22. The van der Waals surface area contributed by atoms with Crippen molar-refractivity contribution in [2.45, 2.75) is 11.8 Å². The Bertz CT molecular complexity index is 1260. The summed E-state index contributed by atoms with van der Waals surface area (Å²) in [4.78, 5) is 13.2. The molecule has 0 fully saturated rings. The Morgan fingerprint density at radius 2 is 1.60 bits per heavy atom. The lowest BCUT2D eigenvalue weighted by Gasteiger charge is -2.15. The second-order valence-electron chi connectivity index (χ2n) is 6.92. The van der Waals surface area contributed by atoms with Crippen molar-refractivity contribution in [3.8, 4) is 17.2 Å². The fourth-order valence-corrected chi connectivity index (χ4v) is 3.96. The van der Waals surface area contributed by atoms with Gasteiger partial charge in [0, 0.05) is 30.9 Å². The van der Waals surface area contributed by atoms with Crippen molar-refractivity contribution in [2.75, 3.05) is 19.4 Å². The number of rotatable bonds is 5. The predicted molar refractivity (Wildman–Crippen MR) is 117 cm³/mol. The molecule has 7 heteroatoms. The summed E-state index contributed by atoms with van der Waals surface area (Å²) >= 11 is 0. The smallest absolute Gasteiger partial charge is 0.256 e. The van der Waals surface area contributed by atoms with E-state index in [9.17, 15) is 18.5 Å². The molecule has 152 valence electrons. The SMILES string of the molecule is Cc1ccc(S(=O)(=O)N(C)C)cc1NC(=O)c1ccccc1-c1ccccc1C#N. The van der Waals surface area contributed by atoms with Gasteiger partial charge in [0.25, 0.3) is 5.91 Å². The van der Waals surface area contributed by atoms with Gasteiger partial charge in [-0.15, -0.1) is 0 Å². The summed E-state index contributed by atoms with van der Waals surface area (Å²) in [5.74, 6) is -0.388. The maximum absolute atomic E-state index is 13.1. The van der Waals surface area contributed by atoms with Gasteiger partial charge in [-0.05, 0) is 42.3 Å². The second kappa shape index (κ2) is 8.49. The molecular weight excluding hydrogens is 398 g/mol. The van der Waals surface area contributed by atoms with Crippen LogP contribution in [0.4, 0.5) is 5.69 Å². The molecule has 0 aliphatic heterocycles. The van der Waals surface area contributed by atoms with E-state index in [4.69, 9.17) is 0 Å². The Kier molecular flexibility index (Phi) is 6.01. The van der Waals surface area contributed by atoms with Crippen molar-refractivity contribution >= 4 is 21.6 Å². The zero-order valence-electron chi connectivity index (χ0n) is 16.9. The van der Waals surface area contributed by atoms with Gasteiger partial charge < -0.3 is 5.32 Å². The molecule has 0 aliphatic rings. The van der Waals surface area contributed by atoms with Crippen LogP contribution in [0, 0.1) is 18.3 Å². The predicted octanol–water partition coefficient (Wildman–Crippen LogP) is 4.04. The molecule has 6 nitrogen and oxygen atoms in total. The van der Waals surface area contributed by atoms with Gasteiger partial charge in [0.05, 0.1) is 16.5 Å². The normalized spacial score (nSPS) is 11.2. The molecule has 30 heavy (non-hydrogen) atoms. The van der Waals surface area contributed by atoms with E-state index in [0.29, 0.717) is 27.9 Å². The van der Waals surface area contributed by atoms with Gasteiger partial charge in [0.15, 0.2) is 0 Å². The van der Waals surface area contributed by atoms with E-state index in [1.54, 1.807) is 55.5 Å². The van der Waals surface area contributed by atoms with Crippen LogP contribution in [0.15, 0.2) is 71.6 Å². The number of benzene rings is 3. The third-order valence-corrected chi connectivity index (χ3v) is 6.56. The van der Waals surface area contributed by atoms with Crippen molar-refractivity contribution in [1.82, 2.24) is 4.31 Å². The van der Waals surface area contributed by atoms with Gasteiger partial charge in [-0.2, -0.15) is 5.26 Å². The average molecular weight is 420 g/mol. The highest BCUT2D eigenvalue weighted by atomic mass is 32.2. The van der Waals surface area contributed by atoms with E-state index >= 15 is 0 Å². The molecule has 0 unspecified atom stereocenters. The van der Waals surface area contributed by atoms with Crippen LogP contribution in [-0.4, -0.2) is 32.7 Å².